The van der Waals surface area contributed by atoms with E-state index in [0.717, 1.165) is 16.2 Å². The van der Waals surface area contributed by atoms with Gasteiger partial charge in [-0.05, 0) is 23.8 Å². The smallest absolute Gasteiger partial charge is 0.255 e. The molecule has 4 rings (SSSR count). The molecule has 0 radical (unpaired) electrons. The zero-order chi connectivity index (χ0) is 22.4. The summed E-state index contributed by atoms with van der Waals surface area (Å²) in [6.07, 6.45) is 1.60. The van der Waals surface area contributed by atoms with Crippen LogP contribution in [0.15, 0.2) is 75.8 Å². The van der Waals surface area contributed by atoms with Gasteiger partial charge in [-0.2, -0.15) is 4.31 Å². The van der Waals surface area contributed by atoms with Crippen LogP contribution in [0.3, 0.4) is 0 Å². The number of rotatable bonds is 7. The molecule has 0 aliphatic carbocycles. The maximum atomic E-state index is 13.2. The van der Waals surface area contributed by atoms with Crippen molar-refractivity contribution in [2.24, 2.45) is 0 Å². The maximum Gasteiger partial charge on any atom is 0.255 e. The van der Waals surface area contributed by atoms with Crippen LogP contribution in [0.1, 0.15) is 21.6 Å². The highest BCUT2D eigenvalue weighted by atomic mass is 32.2. The third-order valence-electron chi connectivity index (χ3n) is 5.09. The molecule has 166 valence electrons. The van der Waals surface area contributed by atoms with Gasteiger partial charge in [-0.25, -0.2) is 13.4 Å². The van der Waals surface area contributed by atoms with E-state index in [1.165, 1.54) is 9.71 Å². The monoisotopic (exact) mass is 485 g/mol. The first-order valence-corrected chi connectivity index (χ1v) is 13.6. The molecule has 1 aromatic heterocycles. The second-order valence-corrected chi connectivity index (χ2v) is 10.8. The van der Waals surface area contributed by atoms with Gasteiger partial charge in [0.05, 0.1) is 16.8 Å². The van der Waals surface area contributed by atoms with Crippen molar-refractivity contribution in [2.45, 2.75) is 10.6 Å². The Hall–Kier alpha value is -2.46. The van der Waals surface area contributed by atoms with Crippen molar-refractivity contribution in [3.05, 3.63) is 87.7 Å². The van der Waals surface area contributed by atoms with E-state index in [-0.39, 0.29) is 19.0 Å². The summed E-state index contributed by atoms with van der Waals surface area (Å²) in [5.41, 5.74) is 4.27. The summed E-state index contributed by atoms with van der Waals surface area (Å²) < 4.78 is 26.8. The van der Waals surface area contributed by atoms with E-state index in [2.05, 4.69) is 4.98 Å². The van der Waals surface area contributed by atoms with E-state index in [0.29, 0.717) is 24.4 Å². The zero-order valence-corrected chi connectivity index (χ0v) is 19.8. The SMILES string of the molecule is O=C(c1ccccc1SCc1cscn1)N1CCN(S(=O)(=O)/C=C/c2ccccc2)CC1. The van der Waals surface area contributed by atoms with Gasteiger partial charge in [0, 0.05) is 47.6 Å². The number of aromatic nitrogens is 1. The minimum Gasteiger partial charge on any atom is -0.336 e. The molecule has 1 aliphatic heterocycles. The average Bonchev–Trinajstić information content (AvgIpc) is 3.36. The highest BCUT2D eigenvalue weighted by Gasteiger charge is 2.28. The number of carbonyl (C=O) groups excluding carboxylic acids is 1. The van der Waals surface area contributed by atoms with E-state index in [9.17, 15) is 13.2 Å². The number of carbonyl (C=O) groups is 1. The largest absolute Gasteiger partial charge is 0.336 e. The predicted molar refractivity (Wildman–Crippen MR) is 130 cm³/mol. The lowest BCUT2D eigenvalue weighted by molar-refractivity contribution is 0.0695. The first-order chi connectivity index (χ1) is 15.5. The van der Waals surface area contributed by atoms with E-state index < -0.39 is 10.0 Å². The molecular formula is C23H23N3O3S3. The predicted octanol–water partition coefficient (Wildman–Crippen LogP) is 4.19. The molecule has 9 heteroatoms. The first kappa shape index (κ1) is 22.7. The summed E-state index contributed by atoms with van der Waals surface area (Å²) in [6.45, 7) is 1.29. The molecule has 0 unspecified atom stereocenters. The molecule has 0 bridgehead atoms. The van der Waals surface area contributed by atoms with E-state index in [1.807, 2.05) is 60.0 Å². The van der Waals surface area contributed by atoms with Gasteiger partial charge in [0.1, 0.15) is 0 Å². The van der Waals surface area contributed by atoms with E-state index in [1.54, 1.807) is 39.6 Å². The maximum absolute atomic E-state index is 13.2. The van der Waals surface area contributed by atoms with E-state index >= 15 is 0 Å². The number of hydrogen-bond donors (Lipinski definition) is 0. The number of thiazole rings is 1. The Balaban J connectivity index is 1.38. The van der Waals surface area contributed by atoms with Crippen molar-refractivity contribution in [1.29, 1.82) is 0 Å². The summed E-state index contributed by atoms with van der Waals surface area (Å²) in [7, 11) is -3.53. The van der Waals surface area contributed by atoms with Crippen molar-refractivity contribution < 1.29 is 13.2 Å². The molecule has 32 heavy (non-hydrogen) atoms. The normalized spacial score (nSPS) is 15.3. The van der Waals surface area contributed by atoms with Crippen molar-refractivity contribution in [3.63, 3.8) is 0 Å². The fourth-order valence-corrected chi connectivity index (χ4v) is 6.14. The molecule has 1 aliphatic rings. The number of piperazine rings is 1. The number of thioether (sulfide) groups is 1. The highest BCUT2D eigenvalue weighted by molar-refractivity contribution is 7.98. The summed E-state index contributed by atoms with van der Waals surface area (Å²) in [5, 5.41) is 3.24. The molecule has 1 fully saturated rings. The van der Waals surface area contributed by atoms with Gasteiger partial charge >= 0.3 is 0 Å². The second-order valence-electron chi connectivity index (χ2n) is 7.21. The third-order valence-corrected chi connectivity index (χ3v) is 8.40. The molecule has 2 aromatic carbocycles. The lowest BCUT2D eigenvalue weighted by Gasteiger charge is -2.33. The molecule has 2 heterocycles. The number of hydrogen-bond acceptors (Lipinski definition) is 6. The lowest BCUT2D eigenvalue weighted by atomic mass is 10.2. The summed E-state index contributed by atoms with van der Waals surface area (Å²) in [4.78, 5) is 20.1. The summed E-state index contributed by atoms with van der Waals surface area (Å²) in [6, 6.07) is 16.9. The third kappa shape index (κ3) is 5.66. The Bertz CT molecular complexity index is 1170. The molecule has 3 aromatic rings. The Morgan fingerprint density at radius 1 is 1.03 bits per heavy atom. The van der Waals surface area contributed by atoms with Gasteiger partial charge in [-0.3, -0.25) is 4.79 Å². The number of nitrogens with zero attached hydrogens (tertiary/aromatic N) is 3. The van der Waals surface area contributed by atoms with Crippen LogP contribution in [-0.2, 0) is 15.8 Å². The van der Waals surface area contributed by atoms with Gasteiger partial charge in [0.15, 0.2) is 0 Å². The quantitative estimate of drug-likeness (QED) is 0.469. The standard InChI is InChI=1S/C23H23N3O3S3/c27-23(21-8-4-5-9-22(21)31-17-20-16-30-18-24-20)25-11-13-26(14-12-25)32(28,29)15-10-19-6-2-1-3-7-19/h1-10,15-16,18H,11-14,17H2/b15-10+. The fourth-order valence-electron chi connectivity index (χ4n) is 3.36. The minimum absolute atomic E-state index is 0.0664. The topological polar surface area (TPSA) is 70.6 Å². The van der Waals surface area contributed by atoms with Crippen LogP contribution in [0.2, 0.25) is 0 Å². The van der Waals surface area contributed by atoms with Crippen LogP contribution in [0.5, 0.6) is 0 Å². The minimum atomic E-state index is -3.53. The number of amides is 1. The summed E-state index contributed by atoms with van der Waals surface area (Å²) in [5.74, 6) is 0.636. The Morgan fingerprint density at radius 2 is 1.75 bits per heavy atom. The Kier molecular flexibility index (Phi) is 7.41. The van der Waals surface area contributed by atoms with Crippen LogP contribution in [0.25, 0.3) is 6.08 Å². The molecule has 0 N–H and O–H groups in total. The molecular weight excluding hydrogens is 462 g/mol. The zero-order valence-electron chi connectivity index (χ0n) is 17.3. The second kappa shape index (κ2) is 10.4. The highest BCUT2D eigenvalue weighted by Crippen LogP contribution is 2.27. The number of sulfonamides is 1. The Morgan fingerprint density at radius 3 is 2.47 bits per heavy atom. The van der Waals surface area contributed by atoms with Gasteiger partial charge in [0.25, 0.3) is 5.91 Å². The van der Waals surface area contributed by atoms with Crippen molar-refractivity contribution in [1.82, 2.24) is 14.2 Å². The first-order valence-electron chi connectivity index (χ1n) is 10.1. The van der Waals surface area contributed by atoms with Crippen molar-refractivity contribution in [3.8, 4) is 0 Å². The average molecular weight is 486 g/mol. The molecule has 0 spiro atoms. The van der Waals surface area contributed by atoms with Crippen LogP contribution in [0, 0.1) is 0 Å². The fraction of sp³-hybridized carbons (Fsp3) is 0.217. The number of benzene rings is 2. The van der Waals surface area contributed by atoms with Crippen LogP contribution in [-0.4, -0.2) is 54.7 Å². The van der Waals surface area contributed by atoms with Crippen LogP contribution in [0.4, 0.5) is 0 Å². The van der Waals surface area contributed by atoms with Gasteiger partial charge in [-0.1, -0.05) is 42.5 Å². The molecule has 0 saturated carbocycles. The van der Waals surface area contributed by atoms with Crippen molar-refractivity contribution in [2.75, 3.05) is 26.2 Å². The molecule has 0 atom stereocenters. The molecule has 1 saturated heterocycles. The van der Waals surface area contributed by atoms with Crippen molar-refractivity contribution >= 4 is 45.1 Å². The van der Waals surface area contributed by atoms with Gasteiger partial charge in [0.2, 0.25) is 10.0 Å². The lowest BCUT2D eigenvalue weighted by Crippen LogP contribution is -2.50. The van der Waals surface area contributed by atoms with Gasteiger partial charge in [-0.15, -0.1) is 23.1 Å². The molecule has 1 amide bonds. The van der Waals surface area contributed by atoms with E-state index in [4.69, 9.17) is 0 Å². The molecule has 6 nitrogen and oxygen atoms in total. The Labute approximate surface area is 196 Å². The van der Waals surface area contributed by atoms with Gasteiger partial charge < -0.3 is 4.90 Å². The van der Waals surface area contributed by atoms with Crippen LogP contribution >= 0.6 is 23.1 Å². The summed E-state index contributed by atoms with van der Waals surface area (Å²) >= 11 is 3.14. The van der Waals surface area contributed by atoms with Crippen LogP contribution < -0.4 is 0 Å².